The Morgan fingerprint density at radius 3 is 2.80 bits per heavy atom. The average molecular weight is 228 g/mol. The van der Waals surface area contributed by atoms with E-state index >= 15 is 0 Å². The minimum Gasteiger partial charge on any atom is -0.404 e. The van der Waals surface area contributed by atoms with Crippen molar-refractivity contribution in [1.82, 2.24) is 4.90 Å². The molecule has 15 heavy (non-hydrogen) atoms. The van der Waals surface area contributed by atoms with Crippen molar-refractivity contribution in [2.75, 3.05) is 24.6 Å². The van der Waals surface area contributed by atoms with E-state index in [1.807, 2.05) is 11.8 Å². The summed E-state index contributed by atoms with van der Waals surface area (Å²) in [6.07, 6.45) is 0. The second kappa shape index (κ2) is 4.67. The molecule has 0 amide bonds. The van der Waals surface area contributed by atoms with E-state index in [-0.39, 0.29) is 5.88 Å². The van der Waals surface area contributed by atoms with Crippen molar-refractivity contribution < 1.29 is 9.34 Å². The molecule has 6 heteroatoms. The first kappa shape index (κ1) is 10.5. The zero-order chi connectivity index (χ0) is 10.7. The van der Waals surface area contributed by atoms with Crippen molar-refractivity contribution in [2.24, 2.45) is 0 Å². The van der Waals surface area contributed by atoms with Gasteiger partial charge in [0, 0.05) is 24.6 Å². The summed E-state index contributed by atoms with van der Waals surface area (Å²) < 4.78 is 5.10. The van der Waals surface area contributed by atoms with Crippen LogP contribution in [0.4, 0.5) is 5.88 Å². The van der Waals surface area contributed by atoms with Crippen LogP contribution in [0, 0.1) is 10.1 Å². The van der Waals surface area contributed by atoms with E-state index in [2.05, 4.69) is 4.90 Å². The van der Waals surface area contributed by atoms with Gasteiger partial charge in [0.05, 0.1) is 12.6 Å². The van der Waals surface area contributed by atoms with Crippen LogP contribution in [0.25, 0.3) is 0 Å². The lowest BCUT2D eigenvalue weighted by molar-refractivity contribution is -0.402. The lowest BCUT2D eigenvalue weighted by Gasteiger charge is -2.24. The van der Waals surface area contributed by atoms with Crippen molar-refractivity contribution in [3.63, 3.8) is 0 Å². The highest BCUT2D eigenvalue weighted by molar-refractivity contribution is 7.99. The van der Waals surface area contributed by atoms with Gasteiger partial charge in [0.15, 0.2) is 0 Å². The Balaban J connectivity index is 1.94. The van der Waals surface area contributed by atoms with Crippen LogP contribution in [0.15, 0.2) is 16.5 Å². The molecule has 1 aliphatic heterocycles. The van der Waals surface area contributed by atoms with Gasteiger partial charge in [-0.15, -0.1) is 0 Å². The molecule has 0 atom stereocenters. The zero-order valence-electron chi connectivity index (χ0n) is 8.22. The summed E-state index contributed by atoms with van der Waals surface area (Å²) in [6, 6.07) is 3.09. The van der Waals surface area contributed by atoms with Crippen molar-refractivity contribution in [2.45, 2.75) is 6.54 Å². The van der Waals surface area contributed by atoms with Crippen molar-refractivity contribution >= 4 is 17.6 Å². The molecule has 0 saturated carbocycles. The minimum absolute atomic E-state index is 0.170. The molecule has 0 bridgehead atoms. The first-order chi connectivity index (χ1) is 7.25. The summed E-state index contributed by atoms with van der Waals surface area (Å²) in [5.74, 6) is 2.76. The predicted octanol–water partition coefficient (Wildman–Crippen LogP) is 1.74. The van der Waals surface area contributed by atoms with Gasteiger partial charge in [-0.3, -0.25) is 15.0 Å². The third kappa shape index (κ3) is 2.73. The van der Waals surface area contributed by atoms with Gasteiger partial charge in [0.25, 0.3) is 0 Å². The number of furan rings is 1. The largest absolute Gasteiger partial charge is 0.433 e. The van der Waals surface area contributed by atoms with Crippen molar-refractivity contribution in [3.8, 4) is 0 Å². The number of rotatable bonds is 3. The van der Waals surface area contributed by atoms with Gasteiger partial charge in [-0.05, 0) is 6.07 Å². The highest BCUT2D eigenvalue weighted by Gasteiger charge is 2.16. The Bertz CT molecular complexity index is 347. The molecule has 1 fully saturated rings. The van der Waals surface area contributed by atoms with Crippen LogP contribution in [0.5, 0.6) is 0 Å². The summed E-state index contributed by atoms with van der Waals surface area (Å²) in [5.41, 5.74) is 0. The Labute approximate surface area is 91.6 Å². The van der Waals surface area contributed by atoms with Crippen LogP contribution in [0.1, 0.15) is 5.76 Å². The van der Waals surface area contributed by atoms with E-state index in [1.165, 1.54) is 6.07 Å². The zero-order valence-corrected chi connectivity index (χ0v) is 9.03. The van der Waals surface area contributed by atoms with E-state index < -0.39 is 4.92 Å². The fourth-order valence-electron chi connectivity index (χ4n) is 1.53. The number of hydrogen-bond donors (Lipinski definition) is 0. The van der Waals surface area contributed by atoms with Crippen LogP contribution in [-0.4, -0.2) is 34.4 Å². The third-order valence-electron chi connectivity index (χ3n) is 2.31. The Morgan fingerprint density at radius 2 is 2.20 bits per heavy atom. The summed E-state index contributed by atoms with van der Waals surface area (Å²) in [6.45, 7) is 2.73. The molecule has 5 nitrogen and oxygen atoms in total. The second-order valence-corrected chi connectivity index (χ2v) is 4.61. The van der Waals surface area contributed by atoms with Crippen LogP contribution in [-0.2, 0) is 6.54 Å². The average Bonchev–Trinajstić information content (AvgIpc) is 2.68. The maximum Gasteiger partial charge on any atom is 0.433 e. The standard InChI is InChI=1S/C9H12N2O3S/c12-11(13)9-2-1-8(14-9)7-10-3-5-15-6-4-10/h1-2H,3-7H2. The quantitative estimate of drug-likeness (QED) is 0.582. The molecule has 2 heterocycles. The smallest absolute Gasteiger partial charge is 0.404 e. The van der Waals surface area contributed by atoms with Crippen LogP contribution in [0.3, 0.4) is 0 Å². The van der Waals surface area contributed by atoms with Crippen LogP contribution >= 0.6 is 11.8 Å². The summed E-state index contributed by atoms with van der Waals surface area (Å²) in [7, 11) is 0. The fraction of sp³-hybridized carbons (Fsp3) is 0.556. The van der Waals surface area contributed by atoms with Crippen LogP contribution < -0.4 is 0 Å². The molecule has 1 saturated heterocycles. The Kier molecular flexibility index (Phi) is 3.27. The van der Waals surface area contributed by atoms with Gasteiger partial charge in [-0.2, -0.15) is 11.8 Å². The van der Waals surface area contributed by atoms with Gasteiger partial charge in [-0.1, -0.05) is 0 Å². The van der Waals surface area contributed by atoms with Crippen molar-refractivity contribution in [1.29, 1.82) is 0 Å². The molecular weight excluding hydrogens is 216 g/mol. The van der Waals surface area contributed by atoms with Gasteiger partial charge >= 0.3 is 5.88 Å². The lowest BCUT2D eigenvalue weighted by atomic mass is 10.4. The molecule has 1 aromatic heterocycles. The van der Waals surface area contributed by atoms with E-state index in [0.717, 1.165) is 24.6 Å². The number of hydrogen-bond acceptors (Lipinski definition) is 5. The summed E-state index contributed by atoms with van der Waals surface area (Å²) in [5, 5.41) is 10.4. The van der Waals surface area contributed by atoms with E-state index in [4.69, 9.17) is 4.42 Å². The van der Waals surface area contributed by atoms with Gasteiger partial charge in [0.2, 0.25) is 0 Å². The first-order valence-electron chi connectivity index (χ1n) is 4.79. The molecule has 0 aromatic carbocycles. The molecule has 0 radical (unpaired) electrons. The predicted molar refractivity (Wildman–Crippen MR) is 58.0 cm³/mol. The summed E-state index contributed by atoms with van der Waals surface area (Å²) >= 11 is 1.94. The van der Waals surface area contributed by atoms with E-state index in [0.29, 0.717) is 12.3 Å². The highest BCUT2D eigenvalue weighted by Crippen LogP contribution is 2.18. The molecule has 0 N–H and O–H groups in total. The molecule has 0 aliphatic carbocycles. The fourth-order valence-corrected chi connectivity index (χ4v) is 2.51. The first-order valence-corrected chi connectivity index (χ1v) is 5.94. The number of thioether (sulfide) groups is 1. The second-order valence-electron chi connectivity index (χ2n) is 3.39. The SMILES string of the molecule is O=[N+]([O-])c1ccc(CN2CCSCC2)o1. The monoisotopic (exact) mass is 228 g/mol. The van der Waals surface area contributed by atoms with Gasteiger partial charge in [0.1, 0.15) is 10.7 Å². The topological polar surface area (TPSA) is 59.5 Å². The highest BCUT2D eigenvalue weighted by atomic mass is 32.2. The number of nitro groups is 1. The summed E-state index contributed by atoms with van der Waals surface area (Å²) in [4.78, 5) is 12.1. The van der Waals surface area contributed by atoms with Crippen LogP contribution in [0.2, 0.25) is 0 Å². The van der Waals surface area contributed by atoms with E-state index in [1.54, 1.807) is 6.07 Å². The van der Waals surface area contributed by atoms with Gasteiger partial charge < -0.3 is 4.42 Å². The normalized spacial score (nSPS) is 17.9. The van der Waals surface area contributed by atoms with Gasteiger partial charge in [-0.25, -0.2) is 0 Å². The molecular formula is C9H12N2O3S. The maximum absolute atomic E-state index is 10.4. The molecule has 1 aromatic rings. The maximum atomic E-state index is 10.4. The lowest BCUT2D eigenvalue weighted by Crippen LogP contribution is -2.31. The van der Waals surface area contributed by atoms with E-state index in [9.17, 15) is 10.1 Å². The molecule has 0 unspecified atom stereocenters. The molecule has 2 rings (SSSR count). The van der Waals surface area contributed by atoms with Crippen molar-refractivity contribution in [3.05, 3.63) is 28.0 Å². The molecule has 82 valence electrons. The minimum atomic E-state index is -0.504. The molecule has 1 aliphatic rings. The number of nitrogens with zero attached hydrogens (tertiary/aromatic N) is 2. The Morgan fingerprint density at radius 1 is 1.47 bits per heavy atom. The third-order valence-corrected chi connectivity index (χ3v) is 3.25. The molecule has 0 spiro atoms. The Hall–Kier alpha value is -1.01.